The molecule has 0 saturated heterocycles. The van der Waals surface area contributed by atoms with Gasteiger partial charge in [0.15, 0.2) is 0 Å². The summed E-state index contributed by atoms with van der Waals surface area (Å²) in [6, 6.07) is 0. The number of nitrogens with zero attached hydrogens (tertiary/aromatic N) is 2. The van der Waals surface area contributed by atoms with E-state index in [1.165, 1.54) is 0 Å². The number of hydrogen-bond donors (Lipinski definition) is 0. The first-order valence-electron chi connectivity index (χ1n) is 5.26. The molecule has 0 aromatic carbocycles. The standard InChI is InChI=1S/C11H22N2O/c1-6-7-11(12-8-9(2)3)13(5)10(4)14/h9H,6-8H2,1-5H3. The van der Waals surface area contributed by atoms with Gasteiger partial charge >= 0.3 is 0 Å². The molecule has 0 rings (SSSR count). The van der Waals surface area contributed by atoms with Gasteiger partial charge in [-0.2, -0.15) is 0 Å². The highest BCUT2D eigenvalue weighted by atomic mass is 16.2. The van der Waals surface area contributed by atoms with E-state index in [0.29, 0.717) is 5.92 Å². The van der Waals surface area contributed by atoms with Crippen molar-refractivity contribution in [2.24, 2.45) is 10.9 Å². The van der Waals surface area contributed by atoms with Gasteiger partial charge in [-0.1, -0.05) is 20.8 Å². The van der Waals surface area contributed by atoms with Gasteiger partial charge in [-0.25, -0.2) is 0 Å². The number of amides is 1. The summed E-state index contributed by atoms with van der Waals surface area (Å²) in [4.78, 5) is 17.3. The van der Waals surface area contributed by atoms with Crippen LogP contribution in [0.5, 0.6) is 0 Å². The Morgan fingerprint density at radius 2 is 2.00 bits per heavy atom. The lowest BCUT2D eigenvalue weighted by Gasteiger charge is -2.17. The quantitative estimate of drug-likeness (QED) is 0.504. The summed E-state index contributed by atoms with van der Waals surface area (Å²) in [5.41, 5.74) is 0. The van der Waals surface area contributed by atoms with Crippen LogP contribution in [0.4, 0.5) is 0 Å². The molecule has 3 nitrogen and oxygen atoms in total. The molecule has 3 heteroatoms. The third kappa shape index (κ3) is 5.00. The average Bonchev–Trinajstić information content (AvgIpc) is 2.10. The predicted octanol–water partition coefficient (Wildman–Crippen LogP) is 2.32. The van der Waals surface area contributed by atoms with Crippen LogP contribution in [0.25, 0.3) is 0 Å². The van der Waals surface area contributed by atoms with Crippen LogP contribution in [0.2, 0.25) is 0 Å². The molecule has 0 aliphatic carbocycles. The SMILES string of the molecule is CCCC(=NCC(C)C)N(C)C(C)=O. The highest BCUT2D eigenvalue weighted by Crippen LogP contribution is 2.01. The molecule has 0 aromatic heterocycles. The van der Waals surface area contributed by atoms with E-state index < -0.39 is 0 Å². The summed E-state index contributed by atoms with van der Waals surface area (Å²) in [6.45, 7) is 8.72. The molecule has 0 unspecified atom stereocenters. The minimum absolute atomic E-state index is 0.0564. The molecule has 0 saturated carbocycles. The van der Waals surface area contributed by atoms with Gasteiger partial charge < -0.3 is 4.90 Å². The van der Waals surface area contributed by atoms with Gasteiger partial charge in [0, 0.05) is 26.9 Å². The van der Waals surface area contributed by atoms with Crippen LogP contribution in [0.1, 0.15) is 40.5 Å². The van der Waals surface area contributed by atoms with Crippen molar-refractivity contribution in [2.45, 2.75) is 40.5 Å². The Hall–Kier alpha value is -0.860. The zero-order chi connectivity index (χ0) is 11.1. The Morgan fingerprint density at radius 3 is 2.36 bits per heavy atom. The van der Waals surface area contributed by atoms with Gasteiger partial charge in [-0.15, -0.1) is 0 Å². The number of amidine groups is 1. The summed E-state index contributed by atoms with van der Waals surface area (Å²) in [7, 11) is 1.79. The van der Waals surface area contributed by atoms with Crippen molar-refractivity contribution < 1.29 is 4.79 Å². The number of rotatable bonds is 4. The molecule has 1 amide bonds. The lowest BCUT2D eigenvalue weighted by molar-refractivity contribution is -0.124. The van der Waals surface area contributed by atoms with Crippen molar-refractivity contribution in [2.75, 3.05) is 13.6 Å². The number of hydrogen-bond acceptors (Lipinski definition) is 2. The Labute approximate surface area is 87.2 Å². The van der Waals surface area contributed by atoms with Crippen molar-refractivity contribution in [3.05, 3.63) is 0 Å². The molecular weight excluding hydrogens is 176 g/mol. The predicted molar refractivity (Wildman–Crippen MR) is 60.5 cm³/mol. The van der Waals surface area contributed by atoms with E-state index in [-0.39, 0.29) is 5.91 Å². The molecule has 0 heterocycles. The van der Waals surface area contributed by atoms with Crippen LogP contribution >= 0.6 is 0 Å². The second-order valence-electron chi connectivity index (χ2n) is 3.98. The van der Waals surface area contributed by atoms with E-state index in [9.17, 15) is 4.79 Å². The lowest BCUT2D eigenvalue weighted by atomic mass is 10.2. The van der Waals surface area contributed by atoms with Gasteiger partial charge in [0.1, 0.15) is 5.84 Å². The first kappa shape index (κ1) is 13.1. The van der Waals surface area contributed by atoms with E-state index >= 15 is 0 Å². The highest BCUT2D eigenvalue weighted by molar-refractivity contribution is 5.96. The minimum Gasteiger partial charge on any atom is -0.304 e. The van der Waals surface area contributed by atoms with E-state index in [0.717, 1.165) is 25.2 Å². The maximum Gasteiger partial charge on any atom is 0.224 e. The topological polar surface area (TPSA) is 32.7 Å². The Kier molecular flexibility index (Phi) is 6.17. The van der Waals surface area contributed by atoms with Crippen LogP contribution in [0.15, 0.2) is 4.99 Å². The van der Waals surface area contributed by atoms with Crippen LogP contribution < -0.4 is 0 Å². The van der Waals surface area contributed by atoms with E-state index in [1.807, 2.05) is 0 Å². The molecule has 14 heavy (non-hydrogen) atoms. The number of aliphatic imine (C=N–C) groups is 1. The van der Waals surface area contributed by atoms with Gasteiger partial charge in [-0.05, 0) is 12.3 Å². The maximum absolute atomic E-state index is 11.1. The van der Waals surface area contributed by atoms with Crippen LogP contribution in [0.3, 0.4) is 0 Å². The molecule has 0 aliphatic heterocycles. The monoisotopic (exact) mass is 198 g/mol. The van der Waals surface area contributed by atoms with Crippen LogP contribution in [0, 0.1) is 5.92 Å². The normalized spacial score (nSPS) is 12.0. The summed E-state index contributed by atoms with van der Waals surface area (Å²) >= 11 is 0. The van der Waals surface area contributed by atoms with Crippen molar-refractivity contribution >= 4 is 11.7 Å². The highest BCUT2D eigenvalue weighted by Gasteiger charge is 2.09. The smallest absolute Gasteiger partial charge is 0.224 e. The van der Waals surface area contributed by atoms with Gasteiger partial charge in [0.05, 0.1) is 0 Å². The fourth-order valence-electron chi connectivity index (χ4n) is 1.05. The van der Waals surface area contributed by atoms with Gasteiger partial charge in [-0.3, -0.25) is 9.79 Å². The van der Waals surface area contributed by atoms with E-state index in [1.54, 1.807) is 18.9 Å². The Balaban J connectivity index is 4.41. The molecule has 0 spiro atoms. The molecule has 0 aliphatic rings. The third-order valence-corrected chi connectivity index (χ3v) is 1.97. The van der Waals surface area contributed by atoms with Crippen molar-refractivity contribution in [3.63, 3.8) is 0 Å². The average molecular weight is 198 g/mol. The fraction of sp³-hybridized carbons (Fsp3) is 0.818. The second kappa shape index (κ2) is 6.57. The zero-order valence-corrected chi connectivity index (χ0v) is 10.0. The van der Waals surface area contributed by atoms with Crippen molar-refractivity contribution in [1.29, 1.82) is 0 Å². The van der Waals surface area contributed by atoms with Crippen molar-refractivity contribution in [1.82, 2.24) is 4.90 Å². The van der Waals surface area contributed by atoms with E-state index in [2.05, 4.69) is 25.8 Å². The first-order chi connectivity index (χ1) is 6.49. The van der Waals surface area contributed by atoms with E-state index in [4.69, 9.17) is 0 Å². The summed E-state index contributed by atoms with van der Waals surface area (Å²) in [5.74, 6) is 1.51. The Bertz CT molecular complexity index is 209. The maximum atomic E-state index is 11.1. The molecule has 0 fully saturated rings. The first-order valence-corrected chi connectivity index (χ1v) is 5.26. The van der Waals surface area contributed by atoms with Gasteiger partial charge in [0.25, 0.3) is 0 Å². The molecule has 0 radical (unpaired) electrons. The molecule has 82 valence electrons. The summed E-state index contributed by atoms with van der Waals surface area (Å²) in [6.07, 6.45) is 1.90. The molecule has 0 bridgehead atoms. The minimum atomic E-state index is 0.0564. The summed E-state index contributed by atoms with van der Waals surface area (Å²) < 4.78 is 0. The summed E-state index contributed by atoms with van der Waals surface area (Å²) in [5, 5.41) is 0. The second-order valence-corrected chi connectivity index (χ2v) is 3.98. The van der Waals surface area contributed by atoms with Crippen molar-refractivity contribution in [3.8, 4) is 0 Å². The van der Waals surface area contributed by atoms with Crippen LogP contribution in [-0.4, -0.2) is 30.2 Å². The zero-order valence-electron chi connectivity index (χ0n) is 10.0. The number of carbonyl (C=O) groups excluding carboxylic acids is 1. The van der Waals surface area contributed by atoms with Gasteiger partial charge in [0.2, 0.25) is 5.91 Å². The molecular formula is C11H22N2O. The number of carbonyl (C=O) groups is 1. The van der Waals surface area contributed by atoms with Crippen LogP contribution in [-0.2, 0) is 4.79 Å². The Morgan fingerprint density at radius 1 is 1.43 bits per heavy atom. The fourth-order valence-corrected chi connectivity index (χ4v) is 1.05. The largest absolute Gasteiger partial charge is 0.304 e. The molecule has 0 atom stereocenters. The molecule has 0 N–H and O–H groups in total. The molecule has 0 aromatic rings. The third-order valence-electron chi connectivity index (χ3n) is 1.97. The lowest BCUT2D eigenvalue weighted by Crippen LogP contribution is -2.31.